The van der Waals surface area contributed by atoms with Crippen molar-refractivity contribution in [1.29, 1.82) is 0 Å². The molecule has 1 aliphatic carbocycles. The Hall–Kier alpha value is -1.82. The molecule has 1 heterocycles. The Morgan fingerprint density at radius 1 is 1.17 bits per heavy atom. The molecule has 2 aliphatic rings. The minimum atomic E-state index is -0.478. The van der Waals surface area contributed by atoms with Crippen molar-refractivity contribution in [1.82, 2.24) is 10.6 Å². The molecular weight excluding hydrogens is 299 g/mol. The Labute approximate surface area is 135 Å². The Morgan fingerprint density at radius 2 is 2.00 bits per heavy atom. The van der Waals surface area contributed by atoms with Crippen LogP contribution in [0.3, 0.4) is 0 Å². The molecule has 1 fully saturated rings. The molecule has 3 rings (SSSR count). The van der Waals surface area contributed by atoms with Crippen molar-refractivity contribution in [2.45, 2.75) is 56.7 Å². The second-order valence-electron chi connectivity index (χ2n) is 6.30. The van der Waals surface area contributed by atoms with Crippen LogP contribution in [0.25, 0.3) is 0 Å². The summed E-state index contributed by atoms with van der Waals surface area (Å²) in [5.74, 6) is 0.143. The van der Waals surface area contributed by atoms with Gasteiger partial charge < -0.3 is 20.5 Å². The molecule has 3 N–H and O–H groups in total. The highest BCUT2D eigenvalue weighted by atomic mass is 19.1. The summed E-state index contributed by atoms with van der Waals surface area (Å²) < 4.78 is 18.9. The van der Waals surface area contributed by atoms with E-state index in [4.69, 9.17) is 4.74 Å². The summed E-state index contributed by atoms with van der Waals surface area (Å²) in [6.07, 6.45) is 4.58. The molecule has 1 aromatic carbocycles. The number of fused-ring (bicyclic) bond motifs is 1. The van der Waals surface area contributed by atoms with E-state index < -0.39 is 6.10 Å². The Kier molecular flexibility index (Phi) is 5.00. The molecule has 3 atom stereocenters. The topological polar surface area (TPSA) is 70.6 Å². The monoisotopic (exact) mass is 322 g/mol. The van der Waals surface area contributed by atoms with Gasteiger partial charge in [0.15, 0.2) is 0 Å². The first-order valence-electron chi connectivity index (χ1n) is 8.31. The van der Waals surface area contributed by atoms with Gasteiger partial charge in [-0.25, -0.2) is 9.18 Å². The number of urea groups is 1. The lowest BCUT2D eigenvalue weighted by Crippen LogP contribution is -2.49. The predicted molar refractivity (Wildman–Crippen MR) is 83.8 cm³/mol. The van der Waals surface area contributed by atoms with Crippen LogP contribution in [-0.4, -0.2) is 29.9 Å². The molecule has 1 aliphatic heterocycles. The van der Waals surface area contributed by atoms with Gasteiger partial charge in [-0.1, -0.05) is 18.9 Å². The van der Waals surface area contributed by atoms with E-state index in [9.17, 15) is 14.3 Å². The largest absolute Gasteiger partial charge is 0.493 e. The first kappa shape index (κ1) is 16.1. The number of aliphatic hydroxyl groups is 1. The maximum absolute atomic E-state index is 13.4. The van der Waals surface area contributed by atoms with Crippen LogP contribution in [0.5, 0.6) is 5.75 Å². The van der Waals surface area contributed by atoms with Crippen molar-refractivity contribution in [2.75, 3.05) is 6.61 Å². The van der Waals surface area contributed by atoms with E-state index in [2.05, 4.69) is 10.6 Å². The molecule has 1 saturated carbocycles. The summed E-state index contributed by atoms with van der Waals surface area (Å²) in [5.41, 5.74) is 0.795. The lowest BCUT2D eigenvalue weighted by atomic mass is 9.93. The normalized spacial score (nSPS) is 27.3. The number of nitrogens with one attached hydrogen (secondary N) is 2. The molecule has 5 nitrogen and oxygen atoms in total. The van der Waals surface area contributed by atoms with E-state index in [1.54, 1.807) is 6.07 Å². The third-order valence-corrected chi connectivity index (χ3v) is 4.60. The minimum Gasteiger partial charge on any atom is -0.493 e. The van der Waals surface area contributed by atoms with E-state index in [1.807, 2.05) is 0 Å². The second kappa shape index (κ2) is 7.17. The van der Waals surface area contributed by atoms with Gasteiger partial charge >= 0.3 is 6.03 Å². The number of carbonyl (C=O) groups is 1. The summed E-state index contributed by atoms with van der Waals surface area (Å²) in [5, 5.41) is 15.8. The van der Waals surface area contributed by atoms with Crippen LogP contribution >= 0.6 is 0 Å². The number of hydrogen-bond donors (Lipinski definition) is 3. The maximum atomic E-state index is 13.4. The second-order valence-corrected chi connectivity index (χ2v) is 6.30. The zero-order valence-corrected chi connectivity index (χ0v) is 13.1. The molecule has 0 unspecified atom stereocenters. The van der Waals surface area contributed by atoms with Crippen LogP contribution in [0, 0.1) is 5.82 Å². The van der Waals surface area contributed by atoms with Crippen LogP contribution in [0.15, 0.2) is 18.2 Å². The van der Waals surface area contributed by atoms with Crippen LogP contribution in [-0.2, 0) is 0 Å². The van der Waals surface area contributed by atoms with Crippen LogP contribution in [0.1, 0.15) is 50.1 Å². The highest BCUT2D eigenvalue weighted by Gasteiger charge is 2.27. The lowest BCUT2D eigenvalue weighted by molar-refractivity contribution is 0.0940. The van der Waals surface area contributed by atoms with Gasteiger partial charge in [-0.15, -0.1) is 0 Å². The number of aliphatic hydroxyl groups excluding tert-OH is 1. The minimum absolute atomic E-state index is 0.196. The summed E-state index contributed by atoms with van der Waals surface area (Å²) >= 11 is 0. The van der Waals surface area contributed by atoms with Gasteiger partial charge in [-0.05, 0) is 31.7 Å². The Balaban J connectivity index is 1.66. The van der Waals surface area contributed by atoms with Crippen molar-refractivity contribution in [2.24, 2.45) is 0 Å². The van der Waals surface area contributed by atoms with Gasteiger partial charge in [0, 0.05) is 11.6 Å². The van der Waals surface area contributed by atoms with Gasteiger partial charge in [-0.3, -0.25) is 0 Å². The SMILES string of the molecule is O=C(N[C@@H]1CCCOc2cc(F)ccc21)N[C@@H]1CCCC[C@@H]1O. The number of hydrogen-bond acceptors (Lipinski definition) is 3. The first-order valence-corrected chi connectivity index (χ1v) is 8.31. The van der Waals surface area contributed by atoms with Crippen LogP contribution < -0.4 is 15.4 Å². The predicted octanol–water partition coefficient (Wildman–Crippen LogP) is 2.64. The molecule has 0 saturated heterocycles. The fraction of sp³-hybridized carbons (Fsp3) is 0.588. The Morgan fingerprint density at radius 3 is 2.83 bits per heavy atom. The Bertz CT molecular complexity index is 567. The summed E-state index contributed by atoms with van der Waals surface area (Å²) in [7, 11) is 0. The zero-order valence-electron chi connectivity index (χ0n) is 13.1. The molecule has 1 aromatic rings. The number of carbonyl (C=O) groups excluding carboxylic acids is 1. The molecule has 126 valence electrons. The summed E-state index contributed by atoms with van der Waals surface area (Å²) in [4.78, 5) is 12.3. The molecule has 0 bridgehead atoms. The quantitative estimate of drug-likeness (QED) is 0.784. The maximum Gasteiger partial charge on any atom is 0.315 e. The fourth-order valence-electron chi connectivity index (χ4n) is 3.34. The van der Waals surface area contributed by atoms with Crippen molar-refractivity contribution in [3.8, 4) is 5.75 Å². The van der Waals surface area contributed by atoms with Gasteiger partial charge in [0.05, 0.1) is 24.8 Å². The van der Waals surface area contributed by atoms with Crippen LogP contribution in [0.4, 0.5) is 9.18 Å². The highest BCUT2D eigenvalue weighted by molar-refractivity contribution is 5.75. The number of ether oxygens (including phenoxy) is 1. The van der Waals surface area contributed by atoms with Crippen molar-refractivity contribution < 1.29 is 19.0 Å². The molecule has 6 heteroatoms. The number of rotatable bonds is 2. The molecule has 0 spiro atoms. The molecule has 0 aromatic heterocycles. The van der Waals surface area contributed by atoms with E-state index in [1.165, 1.54) is 12.1 Å². The van der Waals surface area contributed by atoms with Crippen molar-refractivity contribution >= 4 is 6.03 Å². The fourth-order valence-corrected chi connectivity index (χ4v) is 3.34. The molecule has 23 heavy (non-hydrogen) atoms. The standard InChI is InChI=1S/C17H23FN2O3/c18-11-7-8-12-13(5-3-9-23-16(12)10-11)19-17(22)20-14-4-1-2-6-15(14)21/h7-8,10,13-15,21H,1-6,9H2,(H2,19,20,22)/t13-,14-,15+/m1/s1. The van der Waals surface area contributed by atoms with Crippen LogP contribution in [0.2, 0.25) is 0 Å². The number of amides is 2. The van der Waals surface area contributed by atoms with Gasteiger partial charge in [-0.2, -0.15) is 0 Å². The summed E-state index contributed by atoms with van der Waals surface area (Å²) in [6.45, 7) is 0.511. The summed E-state index contributed by atoms with van der Waals surface area (Å²) in [6, 6.07) is 3.70. The highest BCUT2D eigenvalue weighted by Crippen LogP contribution is 2.32. The van der Waals surface area contributed by atoms with Crippen molar-refractivity contribution in [3.63, 3.8) is 0 Å². The average molecular weight is 322 g/mol. The smallest absolute Gasteiger partial charge is 0.315 e. The average Bonchev–Trinajstić information content (AvgIpc) is 2.71. The van der Waals surface area contributed by atoms with E-state index in [-0.39, 0.29) is 23.9 Å². The van der Waals surface area contributed by atoms with E-state index >= 15 is 0 Å². The van der Waals surface area contributed by atoms with E-state index in [0.717, 1.165) is 44.1 Å². The van der Waals surface area contributed by atoms with E-state index in [0.29, 0.717) is 12.4 Å². The van der Waals surface area contributed by atoms with Gasteiger partial charge in [0.25, 0.3) is 0 Å². The third-order valence-electron chi connectivity index (χ3n) is 4.60. The zero-order chi connectivity index (χ0) is 16.2. The van der Waals surface area contributed by atoms with Gasteiger partial charge in [0.2, 0.25) is 0 Å². The molecule has 0 radical (unpaired) electrons. The molecular formula is C17H23FN2O3. The number of benzene rings is 1. The first-order chi connectivity index (χ1) is 11.1. The molecule has 2 amide bonds. The number of halogens is 1. The lowest BCUT2D eigenvalue weighted by Gasteiger charge is -2.29. The van der Waals surface area contributed by atoms with Crippen molar-refractivity contribution in [3.05, 3.63) is 29.6 Å². The van der Waals surface area contributed by atoms with Gasteiger partial charge in [0.1, 0.15) is 11.6 Å². The third kappa shape index (κ3) is 3.93.